The largest absolute Gasteiger partial charge is 0.294 e. The third-order valence-electron chi connectivity index (χ3n) is 3.66. The molecule has 1 saturated heterocycles. The van der Waals surface area contributed by atoms with E-state index < -0.39 is 10.0 Å². The van der Waals surface area contributed by atoms with Crippen molar-refractivity contribution in [2.24, 2.45) is 5.92 Å². The summed E-state index contributed by atoms with van der Waals surface area (Å²) in [6, 6.07) is 3.60. The lowest BCUT2D eigenvalue weighted by Crippen LogP contribution is -2.39. The van der Waals surface area contributed by atoms with E-state index in [-0.39, 0.29) is 11.7 Å². The number of carbonyl (C=O) groups is 1. The van der Waals surface area contributed by atoms with Crippen molar-refractivity contribution in [3.8, 4) is 0 Å². The SMILES string of the molecule is Cc1ccc(C(=O)CC2CCCN(S(C)(=O)=O)C2)cn1. The molecule has 1 atom stereocenters. The van der Waals surface area contributed by atoms with Gasteiger partial charge in [0.25, 0.3) is 0 Å². The first-order chi connectivity index (χ1) is 9.36. The molecule has 2 rings (SSSR count). The van der Waals surface area contributed by atoms with Crippen LogP contribution in [0.1, 0.15) is 35.3 Å². The summed E-state index contributed by atoms with van der Waals surface area (Å²) in [5, 5.41) is 0. The van der Waals surface area contributed by atoms with Crippen molar-refractivity contribution in [1.29, 1.82) is 0 Å². The number of sulfonamides is 1. The molecule has 5 nitrogen and oxygen atoms in total. The fourth-order valence-corrected chi connectivity index (χ4v) is 3.45. The Hall–Kier alpha value is -1.27. The van der Waals surface area contributed by atoms with Crippen LogP contribution in [-0.2, 0) is 10.0 Å². The summed E-state index contributed by atoms with van der Waals surface area (Å²) in [4.78, 5) is 16.3. The Balaban J connectivity index is 1.99. The van der Waals surface area contributed by atoms with E-state index in [0.29, 0.717) is 25.1 Å². The molecule has 110 valence electrons. The zero-order valence-corrected chi connectivity index (χ0v) is 12.7. The molecule has 1 aromatic rings. The first-order valence-electron chi connectivity index (χ1n) is 6.77. The Morgan fingerprint density at radius 3 is 2.80 bits per heavy atom. The van der Waals surface area contributed by atoms with Crippen LogP contribution < -0.4 is 0 Å². The number of carbonyl (C=O) groups excluding carboxylic acids is 1. The van der Waals surface area contributed by atoms with Crippen LogP contribution in [0.3, 0.4) is 0 Å². The zero-order chi connectivity index (χ0) is 14.8. The number of aryl methyl sites for hydroxylation is 1. The Bertz CT molecular complexity index is 581. The molecule has 0 saturated carbocycles. The predicted octanol–water partition coefficient (Wildman–Crippen LogP) is 1.63. The van der Waals surface area contributed by atoms with Gasteiger partial charge in [-0.15, -0.1) is 0 Å². The van der Waals surface area contributed by atoms with E-state index in [9.17, 15) is 13.2 Å². The fraction of sp³-hybridized carbons (Fsp3) is 0.571. The van der Waals surface area contributed by atoms with Crippen molar-refractivity contribution >= 4 is 15.8 Å². The highest BCUT2D eigenvalue weighted by Crippen LogP contribution is 2.23. The third-order valence-corrected chi connectivity index (χ3v) is 4.93. The lowest BCUT2D eigenvalue weighted by molar-refractivity contribution is 0.0942. The van der Waals surface area contributed by atoms with Crippen molar-refractivity contribution in [3.63, 3.8) is 0 Å². The number of Topliss-reactive ketones (excluding diaryl/α,β-unsaturated/α-hetero) is 1. The van der Waals surface area contributed by atoms with Gasteiger partial charge in [-0.2, -0.15) is 0 Å². The van der Waals surface area contributed by atoms with Gasteiger partial charge in [-0.25, -0.2) is 12.7 Å². The summed E-state index contributed by atoms with van der Waals surface area (Å²) >= 11 is 0. The second-order valence-electron chi connectivity index (χ2n) is 5.44. The van der Waals surface area contributed by atoms with E-state index >= 15 is 0 Å². The van der Waals surface area contributed by atoms with Gasteiger partial charge in [-0.1, -0.05) is 0 Å². The van der Waals surface area contributed by atoms with E-state index in [1.807, 2.05) is 13.0 Å². The highest BCUT2D eigenvalue weighted by molar-refractivity contribution is 7.88. The van der Waals surface area contributed by atoms with Crippen LogP contribution in [0, 0.1) is 12.8 Å². The predicted molar refractivity (Wildman–Crippen MR) is 77.1 cm³/mol. The van der Waals surface area contributed by atoms with Crippen LogP contribution in [0.2, 0.25) is 0 Å². The molecule has 0 aliphatic carbocycles. The Morgan fingerprint density at radius 1 is 1.45 bits per heavy atom. The summed E-state index contributed by atoms with van der Waals surface area (Å²) in [5.74, 6) is 0.144. The standard InChI is InChI=1S/C14H20N2O3S/c1-11-5-6-13(9-15-11)14(17)8-12-4-3-7-16(10-12)20(2,18)19/h5-6,9,12H,3-4,7-8,10H2,1-2H3. The molecule has 0 aromatic carbocycles. The van der Waals surface area contributed by atoms with Crippen molar-refractivity contribution in [3.05, 3.63) is 29.6 Å². The Labute approximate surface area is 120 Å². The third kappa shape index (κ3) is 3.86. The van der Waals surface area contributed by atoms with Gasteiger partial charge in [-0.05, 0) is 37.8 Å². The first kappa shape index (κ1) is 15.1. The maximum absolute atomic E-state index is 12.2. The van der Waals surface area contributed by atoms with Crippen LogP contribution in [0.5, 0.6) is 0 Å². The normalized spacial score (nSPS) is 20.8. The van der Waals surface area contributed by atoms with Crippen LogP contribution in [-0.4, -0.2) is 42.8 Å². The van der Waals surface area contributed by atoms with E-state index in [4.69, 9.17) is 0 Å². The summed E-state index contributed by atoms with van der Waals surface area (Å²) in [6.07, 6.45) is 4.92. The average Bonchev–Trinajstić information content (AvgIpc) is 2.38. The van der Waals surface area contributed by atoms with Crippen LogP contribution in [0.4, 0.5) is 0 Å². The molecular weight excluding hydrogens is 276 g/mol. The minimum Gasteiger partial charge on any atom is -0.294 e. The highest BCUT2D eigenvalue weighted by Gasteiger charge is 2.27. The van der Waals surface area contributed by atoms with E-state index in [2.05, 4.69) is 4.98 Å². The number of ketones is 1. The van der Waals surface area contributed by atoms with Gasteiger partial charge in [0.05, 0.1) is 6.26 Å². The molecule has 6 heteroatoms. The second-order valence-corrected chi connectivity index (χ2v) is 7.43. The van der Waals surface area contributed by atoms with E-state index in [1.165, 1.54) is 10.6 Å². The van der Waals surface area contributed by atoms with Crippen molar-refractivity contribution in [2.75, 3.05) is 19.3 Å². The first-order valence-corrected chi connectivity index (χ1v) is 8.62. The summed E-state index contributed by atoms with van der Waals surface area (Å²) in [5.41, 5.74) is 1.48. The van der Waals surface area contributed by atoms with Crippen molar-refractivity contribution in [2.45, 2.75) is 26.2 Å². The molecule has 0 amide bonds. The van der Waals surface area contributed by atoms with Crippen molar-refractivity contribution in [1.82, 2.24) is 9.29 Å². The van der Waals surface area contributed by atoms with Gasteiger partial charge in [-0.3, -0.25) is 9.78 Å². The second kappa shape index (κ2) is 6.01. The fourth-order valence-electron chi connectivity index (χ4n) is 2.51. The molecule has 1 aliphatic heterocycles. The van der Waals surface area contributed by atoms with Gasteiger partial charge in [0.15, 0.2) is 5.78 Å². The van der Waals surface area contributed by atoms with Gasteiger partial charge in [0.1, 0.15) is 0 Å². The number of rotatable bonds is 4. The number of nitrogens with zero attached hydrogens (tertiary/aromatic N) is 2. The number of pyridine rings is 1. The Kier molecular flexibility index (Phi) is 4.55. The lowest BCUT2D eigenvalue weighted by atomic mass is 9.92. The van der Waals surface area contributed by atoms with E-state index in [0.717, 1.165) is 18.5 Å². The lowest BCUT2D eigenvalue weighted by Gasteiger charge is -2.30. The molecule has 1 fully saturated rings. The maximum atomic E-state index is 12.2. The topological polar surface area (TPSA) is 67.3 Å². The molecular formula is C14H20N2O3S. The molecule has 1 aromatic heterocycles. The Morgan fingerprint density at radius 2 is 2.20 bits per heavy atom. The van der Waals surface area contributed by atoms with Crippen LogP contribution in [0.15, 0.2) is 18.3 Å². The molecule has 0 radical (unpaired) electrons. The minimum atomic E-state index is -3.16. The molecule has 0 N–H and O–H groups in total. The quantitative estimate of drug-likeness (QED) is 0.792. The van der Waals surface area contributed by atoms with Crippen molar-refractivity contribution < 1.29 is 13.2 Å². The summed E-state index contributed by atoms with van der Waals surface area (Å²) in [6.45, 7) is 2.89. The average molecular weight is 296 g/mol. The van der Waals surface area contributed by atoms with Gasteiger partial charge >= 0.3 is 0 Å². The molecule has 2 heterocycles. The van der Waals surface area contributed by atoms with E-state index in [1.54, 1.807) is 12.3 Å². The molecule has 20 heavy (non-hydrogen) atoms. The minimum absolute atomic E-state index is 0.0397. The van der Waals surface area contributed by atoms with Crippen LogP contribution >= 0.6 is 0 Å². The smallest absolute Gasteiger partial charge is 0.211 e. The van der Waals surface area contributed by atoms with Crippen LogP contribution in [0.25, 0.3) is 0 Å². The summed E-state index contributed by atoms with van der Waals surface area (Å²) in [7, 11) is -3.16. The number of piperidine rings is 1. The monoisotopic (exact) mass is 296 g/mol. The molecule has 0 spiro atoms. The molecule has 1 aliphatic rings. The number of aromatic nitrogens is 1. The zero-order valence-electron chi connectivity index (χ0n) is 11.9. The molecule has 0 bridgehead atoms. The maximum Gasteiger partial charge on any atom is 0.211 e. The van der Waals surface area contributed by atoms with Gasteiger partial charge < -0.3 is 0 Å². The van der Waals surface area contributed by atoms with Gasteiger partial charge in [0, 0.05) is 37.0 Å². The number of hydrogen-bond acceptors (Lipinski definition) is 4. The molecule has 1 unspecified atom stereocenters. The highest BCUT2D eigenvalue weighted by atomic mass is 32.2. The number of hydrogen-bond donors (Lipinski definition) is 0. The summed E-state index contributed by atoms with van der Waals surface area (Å²) < 4.78 is 24.6. The van der Waals surface area contributed by atoms with Gasteiger partial charge in [0.2, 0.25) is 10.0 Å².